The fourth-order valence-corrected chi connectivity index (χ4v) is 2.54. The largest absolute Gasteiger partial charge is 0.480 e. The second kappa shape index (κ2) is 4.52. The highest BCUT2D eigenvalue weighted by atomic mass is 79.9. The number of halogens is 1. The van der Waals surface area contributed by atoms with Crippen molar-refractivity contribution in [3.05, 3.63) is 22.7 Å². The molecular weight excluding hydrogens is 312 g/mol. The van der Waals surface area contributed by atoms with Gasteiger partial charge in [-0.05, 0) is 32.0 Å². The van der Waals surface area contributed by atoms with Crippen LogP contribution >= 0.6 is 15.9 Å². The molecule has 1 heterocycles. The van der Waals surface area contributed by atoms with Crippen molar-refractivity contribution in [1.29, 1.82) is 0 Å². The number of nitrogens with zero attached hydrogens (tertiary/aromatic N) is 2. The van der Waals surface area contributed by atoms with Crippen LogP contribution in [0.3, 0.4) is 0 Å². The maximum Gasteiger partial charge on any atom is 0.329 e. The van der Waals surface area contributed by atoms with Gasteiger partial charge in [-0.3, -0.25) is 9.69 Å². The maximum atomic E-state index is 12.2. The lowest BCUT2D eigenvalue weighted by Gasteiger charge is -2.42. The van der Waals surface area contributed by atoms with Gasteiger partial charge < -0.3 is 10.0 Å². The molecule has 0 aromatic heterocycles. The van der Waals surface area contributed by atoms with Gasteiger partial charge in [0, 0.05) is 11.5 Å². The van der Waals surface area contributed by atoms with Gasteiger partial charge in [-0.2, -0.15) is 0 Å². The number of benzene rings is 1. The van der Waals surface area contributed by atoms with Crippen LogP contribution in [0.4, 0.5) is 11.4 Å². The highest BCUT2D eigenvalue weighted by Gasteiger charge is 2.42. The lowest BCUT2D eigenvalue weighted by molar-refractivity contribution is -0.143. The number of fused-ring (bicyclic) bond motifs is 1. The minimum Gasteiger partial charge on any atom is -0.480 e. The van der Waals surface area contributed by atoms with Crippen LogP contribution in [0.15, 0.2) is 22.7 Å². The zero-order valence-electron chi connectivity index (χ0n) is 11.0. The number of carbonyl (C=O) groups excluding carboxylic acids is 1. The van der Waals surface area contributed by atoms with Crippen molar-refractivity contribution in [2.75, 3.05) is 23.4 Å². The van der Waals surface area contributed by atoms with E-state index in [1.54, 1.807) is 12.1 Å². The first-order valence-corrected chi connectivity index (χ1v) is 6.61. The average Bonchev–Trinajstić information content (AvgIpc) is 2.29. The Hall–Kier alpha value is -1.56. The normalized spacial score (nSPS) is 15.5. The van der Waals surface area contributed by atoms with Gasteiger partial charge in [-0.15, -0.1) is 0 Å². The van der Waals surface area contributed by atoms with E-state index in [9.17, 15) is 14.7 Å². The molecular formula is C13H15BrN2O3. The van der Waals surface area contributed by atoms with Gasteiger partial charge in [0.2, 0.25) is 5.91 Å². The summed E-state index contributed by atoms with van der Waals surface area (Å²) in [5, 5.41) is 9.34. The van der Waals surface area contributed by atoms with Gasteiger partial charge in [0.1, 0.15) is 5.54 Å². The Morgan fingerprint density at radius 1 is 1.37 bits per heavy atom. The van der Waals surface area contributed by atoms with Crippen molar-refractivity contribution in [3.63, 3.8) is 0 Å². The fourth-order valence-electron chi connectivity index (χ4n) is 2.19. The van der Waals surface area contributed by atoms with Crippen LogP contribution in [-0.2, 0) is 9.59 Å². The molecule has 0 aliphatic carbocycles. The molecule has 1 aliphatic heterocycles. The number of anilines is 2. The molecule has 102 valence electrons. The lowest BCUT2D eigenvalue weighted by Crippen LogP contribution is -2.58. The third kappa shape index (κ3) is 2.20. The number of hydrogen-bond acceptors (Lipinski definition) is 3. The molecule has 0 saturated carbocycles. The van der Waals surface area contributed by atoms with Crippen molar-refractivity contribution in [2.45, 2.75) is 19.4 Å². The summed E-state index contributed by atoms with van der Waals surface area (Å²) >= 11 is 3.39. The highest BCUT2D eigenvalue weighted by Crippen LogP contribution is 2.38. The second-order valence-electron chi connectivity index (χ2n) is 5.08. The summed E-state index contributed by atoms with van der Waals surface area (Å²) in [6.45, 7) is 3.23. The van der Waals surface area contributed by atoms with Gasteiger partial charge in [-0.1, -0.05) is 15.9 Å². The van der Waals surface area contributed by atoms with Crippen LogP contribution in [0.5, 0.6) is 0 Å². The average molecular weight is 327 g/mol. The number of hydrogen-bond donors (Lipinski definition) is 1. The van der Waals surface area contributed by atoms with Crippen LogP contribution in [0.1, 0.15) is 13.8 Å². The number of carboxylic acid groups (broad SMARTS) is 1. The summed E-state index contributed by atoms with van der Waals surface area (Å²) in [6.07, 6.45) is 0. The number of amides is 1. The van der Waals surface area contributed by atoms with Crippen LogP contribution in [0, 0.1) is 0 Å². The van der Waals surface area contributed by atoms with Gasteiger partial charge in [-0.25, -0.2) is 4.79 Å². The van der Waals surface area contributed by atoms with Gasteiger partial charge >= 0.3 is 5.97 Å². The molecule has 0 atom stereocenters. The zero-order valence-corrected chi connectivity index (χ0v) is 12.6. The molecule has 0 unspecified atom stereocenters. The molecule has 1 aromatic carbocycles. The van der Waals surface area contributed by atoms with E-state index in [4.69, 9.17) is 0 Å². The molecule has 0 saturated heterocycles. The van der Waals surface area contributed by atoms with E-state index in [0.717, 1.165) is 10.2 Å². The number of rotatable bonds is 2. The molecule has 0 spiro atoms. The van der Waals surface area contributed by atoms with Crippen molar-refractivity contribution in [2.24, 2.45) is 0 Å². The lowest BCUT2D eigenvalue weighted by atomic mass is 9.99. The molecule has 1 aliphatic rings. The van der Waals surface area contributed by atoms with Crippen molar-refractivity contribution in [1.82, 2.24) is 0 Å². The molecule has 1 N–H and O–H groups in total. The smallest absolute Gasteiger partial charge is 0.329 e. The quantitative estimate of drug-likeness (QED) is 0.904. The van der Waals surface area contributed by atoms with Crippen molar-refractivity contribution < 1.29 is 14.7 Å². The minimum atomic E-state index is -1.28. The predicted molar refractivity (Wildman–Crippen MR) is 76.6 cm³/mol. The Morgan fingerprint density at radius 3 is 2.58 bits per heavy atom. The third-order valence-corrected chi connectivity index (χ3v) is 3.79. The van der Waals surface area contributed by atoms with E-state index in [1.165, 1.54) is 18.7 Å². The molecule has 1 amide bonds. The van der Waals surface area contributed by atoms with Crippen LogP contribution in [0.25, 0.3) is 0 Å². The van der Waals surface area contributed by atoms with Gasteiger partial charge in [0.25, 0.3) is 0 Å². The standard InChI is InChI=1S/C13H15BrN2O3/c1-13(2,12(18)19)16-9-5-4-8(14)6-10(9)15(3)7-11(16)17/h4-6H,7H2,1-3H3,(H,18,19). The summed E-state index contributed by atoms with van der Waals surface area (Å²) in [5.74, 6) is -1.25. The van der Waals surface area contributed by atoms with Crippen LogP contribution < -0.4 is 9.80 Å². The first-order chi connectivity index (χ1) is 8.75. The topological polar surface area (TPSA) is 60.9 Å². The minimum absolute atomic E-state index is 0.167. The monoisotopic (exact) mass is 326 g/mol. The first kappa shape index (κ1) is 13.9. The number of carbonyl (C=O) groups is 2. The van der Waals surface area contributed by atoms with Crippen molar-refractivity contribution in [3.8, 4) is 0 Å². The second-order valence-corrected chi connectivity index (χ2v) is 6.00. The summed E-state index contributed by atoms with van der Waals surface area (Å²) < 4.78 is 0.889. The van der Waals surface area contributed by atoms with E-state index in [0.29, 0.717) is 5.69 Å². The molecule has 5 nitrogen and oxygen atoms in total. The van der Waals surface area contributed by atoms with E-state index in [2.05, 4.69) is 15.9 Å². The van der Waals surface area contributed by atoms with E-state index in [-0.39, 0.29) is 12.5 Å². The number of aliphatic carboxylic acids is 1. The third-order valence-electron chi connectivity index (χ3n) is 3.29. The Labute approximate surface area is 119 Å². The molecule has 0 bridgehead atoms. The number of likely N-dealkylation sites (N-methyl/N-ethyl adjacent to an activating group) is 1. The van der Waals surface area contributed by atoms with Gasteiger partial charge in [0.05, 0.1) is 17.9 Å². The summed E-state index contributed by atoms with van der Waals surface area (Å²) in [4.78, 5) is 26.8. The fraction of sp³-hybridized carbons (Fsp3) is 0.385. The Morgan fingerprint density at radius 2 is 2.00 bits per heavy atom. The molecule has 1 aromatic rings. The van der Waals surface area contributed by atoms with E-state index < -0.39 is 11.5 Å². The Kier molecular flexibility index (Phi) is 3.30. The number of carboxylic acids is 1. The van der Waals surface area contributed by atoms with E-state index >= 15 is 0 Å². The highest BCUT2D eigenvalue weighted by molar-refractivity contribution is 9.10. The van der Waals surface area contributed by atoms with Gasteiger partial charge in [0.15, 0.2) is 0 Å². The Balaban J connectivity index is 2.61. The SMILES string of the molecule is CN1CC(=O)N(C(C)(C)C(=O)O)c2ccc(Br)cc21. The molecule has 19 heavy (non-hydrogen) atoms. The van der Waals surface area contributed by atoms with Crippen molar-refractivity contribution >= 4 is 39.2 Å². The van der Waals surface area contributed by atoms with E-state index in [1.807, 2.05) is 18.0 Å². The molecule has 0 fully saturated rings. The molecule has 2 rings (SSSR count). The Bertz CT molecular complexity index is 557. The predicted octanol–water partition coefficient (Wildman–Crippen LogP) is 2.10. The maximum absolute atomic E-state index is 12.2. The molecule has 0 radical (unpaired) electrons. The summed E-state index contributed by atoms with van der Waals surface area (Å²) in [5.41, 5.74) is 0.179. The van der Waals surface area contributed by atoms with Crippen LogP contribution in [-0.4, -0.2) is 36.1 Å². The zero-order chi connectivity index (χ0) is 14.4. The first-order valence-electron chi connectivity index (χ1n) is 5.82. The summed E-state index contributed by atoms with van der Waals surface area (Å²) in [7, 11) is 1.81. The van der Waals surface area contributed by atoms with Crippen LogP contribution in [0.2, 0.25) is 0 Å². The summed E-state index contributed by atoms with van der Waals surface area (Å²) in [6, 6.07) is 5.45. The molecule has 6 heteroatoms.